The highest BCUT2D eigenvalue weighted by Gasteiger charge is 2.26. The van der Waals surface area contributed by atoms with Crippen molar-refractivity contribution in [3.8, 4) is 16.2 Å². The number of aliphatic hydroxyl groups excluding tert-OH is 1. The van der Waals surface area contributed by atoms with Crippen LogP contribution in [0.2, 0.25) is 0 Å². The second-order valence-electron chi connectivity index (χ2n) is 5.26. The predicted octanol–water partition coefficient (Wildman–Crippen LogP) is 3.22. The normalized spacial score (nSPS) is 17.7. The maximum absolute atomic E-state index is 12.3. The molecule has 7 heteroatoms. The number of thiophene rings is 1. The summed E-state index contributed by atoms with van der Waals surface area (Å²) in [6, 6.07) is 9.87. The average Bonchev–Trinajstić information content (AvgIpc) is 3.16. The minimum absolute atomic E-state index is 0.0875. The first-order valence-corrected chi connectivity index (χ1v) is 7.97. The number of aliphatic hydroxyl groups is 1. The second-order valence-corrected chi connectivity index (χ2v) is 6.34. The van der Waals surface area contributed by atoms with Gasteiger partial charge in [-0.15, -0.1) is 11.3 Å². The zero-order valence-electron chi connectivity index (χ0n) is 12.1. The molecule has 1 aliphatic rings. The van der Waals surface area contributed by atoms with Crippen molar-refractivity contribution in [2.75, 3.05) is 13.1 Å². The Hall–Kier alpha value is -1.99. The zero-order chi connectivity index (χ0) is 16.4. The van der Waals surface area contributed by atoms with Gasteiger partial charge in [0, 0.05) is 18.0 Å². The number of benzene rings is 1. The molecular formula is C16H15F2NO3S. The van der Waals surface area contributed by atoms with Crippen LogP contribution in [0.1, 0.15) is 16.1 Å². The van der Waals surface area contributed by atoms with Gasteiger partial charge in [-0.3, -0.25) is 4.79 Å². The smallest absolute Gasteiger partial charge is 0.387 e. The van der Waals surface area contributed by atoms with Crippen molar-refractivity contribution >= 4 is 17.2 Å². The van der Waals surface area contributed by atoms with Gasteiger partial charge in [0.25, 0.3) is 5.91 Å². The van der Waals surface area contributed by atoms with Crippen LogP contribution < -0.4 is 4.74 Å². The third-order valence-electron chi connectivity index (χ3n) is 3.63. The maximum Gasteiger partial charge on any atom is 0.387 e. The van der Waals surface area contributed by atoms with Gasteiger partial charge in [-0.2, -0.15) is 8.78 Å². The number of nitrogens with zero attached hydrogens (tertiary/aromatic N) is 1. The Kier molecular flexibility index (Phi) is 4.58. The summed E-state index contributed by atoms with van der Waals surface area (Å²) in [5.41, 5.74) is 0.831. The van der Waals surface area contributed by atoms with E-state index in [0.717, 1.165) is 10.4 Å². The number of carbonyl (C=O) groups is 1. The van der Waals surface area contributed by atoms with Crippen LogP contribution in [-0.4, -0.2) is 41.7 Å². The maximum atomic E-state index is 12.3. The molecule has 1 amide bonds. The van der Waals surface area contributed by atoms with E-state index in [2.05, 4.69) is 4.74 Å². The van der Waals surface area contributed by atoms with Crippen molar-refractivity contribution in [2.45, 2.75) is 19.1 Å². The number of amides is 1. The predicted molar refractivity (Wildman–Crippen MR) is 82.9 cm³/mol. The first-order valence-electron chi connectivity index (χ1n) is 7.15. The zero-order valence-corrected chi connectivity index (χ0v) is 12.9. The molecule has 1 fully saturated rings. The van der Waals surface area contributed by atoms with E-state index in [4.69, 9.17) is 0 Å². The Morgan fingerprint density at radius 2 is 2.00 bits per heavy atom. The molecule has 2 aromatic rings. The van der Waals surface area contributed by atoms with Crippen molar-refractivity contribution in [3.05, 3.63) is 41.3 Å². The summed E-state index contributed by atoms with van der Waals surface area (Å²) in [5.74, 6) is 0.0121. The van der Waals surface area contributed by atoms with Gasteiger partial charge in [-0.25, -0.2) is 0 Å². The molecular weight excluding hydrogens is 324 g/mol. The largest absolute Gasteiger partial charge is 0.435 e. The van der Waals surface area contributed by atoms with Gasteiger partial charge < -0.3 is 14.7 Å². The number of alkyl halides is 2. The third-order valence-corrected chi connectivity index (χ3v) is 4.75. The lowest BCUT2D eigenvalue weighted by molar-refractivity contribution is -0.0498. The summed E-state index contributed by atoms with van der Waals surface area (Å²) >= 11 is 1.34. The molecule has 1 aliphatic heterocycles. The molecule has 1 N–H and O–H groups in total. The summed E-state index contributed by atoms with van der Waals surface area (Å²) in [6.07, 6.45) is 0.163. The third kappa shape index (κ3) is 3.68. The molecule has 122 valence electrons. The van der Waals surface area contributed by atoms with E-state index >= 15 is 0 Å². The summed E-state index contributed by atoms with van der Waals surface area (Å²) in [5, 5.41) is 9.51. The van der Waals surface area contributed by atoms with E-state index in [9.17, 15) is 18.7 Å². The summed E-state index contributed by atoms with van der Waals surface area (Å²) in [6.45, 7) is -1.92. The highest BCUT2D eigenvalue weighted by atomic mass is 32.1. The first kappa shape index (κ1) is 15.9. The second kappa shape index (κ2) is 6.64. The molecule has 0 spiro atoms. The van der Waals surface area contributed by atoms with Crippen LogP contribution >= 0.6 is 11.3 Å². The Morgan fingerprint density at radius 1 is 1.26 bits per heavy atom. The molecule has 1 aromatic carbocycles. The molecule has 0 bridgehead atoms. The number of β-amino-alcohol motifs (C(OH)–C–C–N with tert-alkyl or cyclic N) is 1. The van der Waals surface area contributed by atoms with Crippen molar-refractivity contribution in [1.82, 2.24) is 4.90 Å². The Morgan fingerprint density at radius 3 is 2.61 bits per heavy atom. The fourth-order valence-corrected chi connectivity index (χ4v) is 3.47. The Bertz CT molecular complexity index is 687. The lowest BCUT2D eigenvalue weighted by Gasteiger charge is -2.13. The van der Waals surface area contributed by atoms with Gasteiger partial charge in [0.1, 0.15) is 5.75 Å². The van der Waals surface area contributed by atoms with Gasteiger partial charge in [-0.1, -0.05) is 0 Å². The molecule has 1 saturated heterocycles. The minimum Gasteiger partial charge on any atom is -0.435 e. The molecule has 1 aromatic heterocycles. The SMILES string of the molecule is O=C(c1ccc(-c2ccc(OC(F)F)cc2)s1)N1CC[C@@H](O)C1. The molecule has 4 nitrogen and oxygen atoms in total. The fourth-order valence-electron chi connectivity index (χ4n) is 2.49. The standard InChI is InChI=1S/C16H15F2NO3S/c17-16(18)22-12-3-1-10(2-4-12)13-5-6-14(23-13)15(21)19-8-7-11(20)9-19/h1-6,11,16,20H,7-9H2/t11-/m1/s1. The highest BCUT2D eigenvalue weighted by Crippen LogP contribution is 2.31. The topological polar surface area (TPSA) is 49.8 Å². The van der Waals surface area contributed by atoms with Crippen molar-refractivity contribution in [2.24, 2.45) is 0 Å². The van der Waals surface area contributed by atoms with Gasteiger partial charge in [0.15, 0.2) is 0 Å². The van der Waals surface area contributed by atoms with Crippen LogP contribution in [0.3, 0.4) is 0 Å². The van der Waals surface area contributed by atoms with Crippen LogP contribution in [0.4, 0.5) is 8.78 Å². The van der Waals surface area contributed by atoms with E-state index in [0.29, 0.717) is 24.4 Å². The van der Waals surface area contributed by atoms with E-state index < -0.39 is 12.7 Å². The van der Waals surface area contributed by atoms with Crippen molar-refractivity contribution < 1.29 is 23.4 Å². The number of carbonyl (C=O) groups excluding carboxylic acids is 1. The Labute approximate surface area is 135 Å². The van der Waals surface area contributed by atoms with Crippen LogP contribution in [0, 0.1) is 0 Å². The number of rotatable bonds is 4. The van der Waals surface area contributed by atoms with Crippen LogP contribution in [-0.2, 0) is 0 Å². The minimum atomic E-state index is -2.84. The molecule has 3 rings (SSSR count). The number of ether oxygens (including phenoxy) is 1. The molecule has 0 unspecified atom stereocenters. The summed E-state index contributed by atoms with van der Waals surface area (Å²) < 4.78 is 28.6. The van der Waals surface area contributed by atoms with Crippen molar-refractivity contribution in [1.29, 1.82) is 0 Å². The molecule has 2 heterocycles. The quantitative estimate of drug-likeness (QED) is 0.930. The monoisotopic (exact) mass is 339 g/mol. The average molecular weight is 339 g/mol. The molecule has 0 radical (unpaired) electrons. The van der Waals surface area contributed by atoms with E-state index in [-0.39, 0.29) is 11.7 Å². The number of halogens is 2. The molecule has 1 atom stereocenters. The summed E-state index contributed by atoms with van der Waals surface area (Å²) in [7, 11) is 0. The van der Waals surface area contributed by atoms with E-state index in [1.807, 2.05) is 6.07 Å². The van der Waals surface area contributed by atoms with E-state index in [1.165, 1.54) is 23.5 Å². The lowest BCUT2D eigenvalue weighted by atomic mass is 10.2. The number of hydrogen-bond donors (Lipinski definition) is 1. The van der Waals surface area contributed by atoms with Gasteiger partial charge >= 0.3 is 6.61 Å². The first-order chi connectivity index (χ1) is 11.0. The lowest BCUT2D eigenvalue weighted by Crippen LogP contribution is -2.28. The van der Waals surface area contributed by atoms with Gasteiger partial charge in [0.2, 0.25) is 0 Å². The van der Waals surface area contributed by atoms with Gasteiger partial charge in [0.05, 0.1) is 11.0 Å². The van der Waals surface area contributed by atoms with Crippen molar-refractivity contribution in [3.63, 3.8) is 0 Å². The van der Waals surface area contributed by atoms with Crippen LogP contribution in [0.25, 0.3) is 10.4 Å². The van der Waals surface area contributed by atoms with E-state index in [1.54, 1.807) is 23.1 Å². The fraction of sp³-hybridized carbons (Fsp3) is 0.312. The van der Waals surface area contributed by atoms with Crippen LogP contribution in [0.15, 0.2) is 36.4 Å². The molecule has 0 saturated carbocycles. The molecule has 23 heavy (non-hydrogen) atoms. The highest BCUT2D eigenvalue weighted by molar-refractivity contribution is 7.17. The number of likely N-dealkylation sites (tertiary alicyclic amines) is 1. The summed E-state index contributed by atoms with van der Waals surface area (Å²) in [4.78, 5) is 15.4. The molecule has 0 aliphatic carbocycles. The Balaban J connectivity index is 1.72. The van der Waals surface area contributed by atoms with Crippen LogP contribution in [0.5, 0.6) is 5.75 Å². The van der Waals surface area contributed by atoms with Gasteiger partial charge in [-0.05, 0) is 48.4 Å². The number of hydrogen-bond acceptors (Lipinski definition) is 4.